The van der Waals surface area contributed by atoms with E-state index in [0.717, 1.165) is 23.6 Å². The number of hydrogen-bond acceptors (Lipinski definition) is 7. The van der Waals surface area contributed by atoms with Crippen LogP contribution >= 0.6 is 0 Å². The Bertz CT molecular complexity index is 983. The Balaban J connectivity index is 0.000000362. The zero-order valence-corrected chi connectivity index (χ0v) is 18.2. The standard InChI is InChI=1S/C15H18N4O2.2C2HF3O2/c1-18(2)10-13-12-9-19(8-5-14(12)21-17-13)15(20)11-3-6-16-7-4-11;2*3-2(4,5)1(6)7/h3-4,6-7H,5,8-10H2,1-2H3;2*(H,6,7). The van der Waals surface area contributed by atoms with E-state index in [1.54, 1.807) is 24.5 Å². The molecule has 0 radical (unpaired) electrons. The molecule has 1 aliphatic rings. The van der Waals surface area contributed by atoms with Crippen molar-refractivity contribution in [1.29, 1.82) is 0 Å². The Hall–Kier alpha value is -3.69. The molecule has 2 aromatic heterocycles. The number of nitrogens with zero attached hydrogens (tertiary/aromatic N) is 4. The number of fused-ring (bicyclic) bond motifs is 1. The van der Waals surface area contributed by atoms with Crippen LogP contribution in [0.5, 0.6) is 0 Å². The molecule has 0 fully saturated rings. The van der Waals surface area contributed by atoms with Gasteiger partial charge in [0.1, 0.15) is 11.5 Å². The molecule has 0 aromatic carbocycles. The van der Waals surface area contributed by atoms with E-state index in [2.05, 4.69) is 10.1 Å². The SMILES string of the molecule is CN(C)Cc1noc2c1CN(C(=O)c1ccncc1)CC2.O=C(O)C(F)(F)F.O=C(O)C(F)(F)F. The Morgan fingerprint density at radius 3 is 1.94 bits per heavy atom. The summed E-state index contributed by atoms with van der Waals surface area (Å²) in [6.07, 6.45) is -6.18. The van der Waals surface area contributed by atoms with Crippen molar-refractivity contribution in [3.05, 3.63) is 47.1 Å². The predicted molar refractivity (Wildman–Crippen MR) is 104 cm³/mol. The highest BCUT2D eigenvalue weighted by molar-refractivity contribution is 5.94. The summed E-state index contributed by atoms with van der Waals surface area (Å²) in [6.45, 7) is 1.93. The topological polar surface area (TPSA) is 137 Å². The highest BCUT2D eigenvalue weighted by atomic mass is 19.4. The van der Waals surface area contributed by atoms with Crippen molar-refractivity contribution in [2.45, 2.75) is 31.9 Å². The number of hydrogen-bond donors (Lipinski definition) is 2. The van der Waals surface area contributed by atoms with Gasteiger partial charge in [-0.05, 0) is 26.2 Å². The highest BCUT2D eigenvalue weighted by Gasteiger charge is 2.38. The second-order valence-corrected chi connectivity index (χ2v) is 7.09. The molecule has 0 unspecified atom stereocenters. The van der Waals surface area contributed by atoms with E-state index in [-0.39, 0.29) is 5.91 Å². The smallest absolute Gasteiger partial charge is 0.475 e. The summed E-state index contributed by atoms with van der Waals surface area (Å²) in [6, 6.07) is 3.48. The van der Waals surface area contributed by atoms with E-state index in [1.807, 2.05) is 23.9 Å². The van der Waals surface area contributed by atoms with E-state index < -0.39 is 24.3 Å². The third kappa shape index (κ3) is 9.60. The lowest BCUT2D eigenvalue weighted by molar-refractivity contribution is -0.193. The summed E-state index contributed by atoms with van der Waals surface area (Å²) in [5, 5.41) is 18.4. The van der Waals surface area contributed by atoms with Crippen molar-refractivity contribution in [1.82, 2.24) is 19.9 Å². The molecule has 0 atom stereocenters. The number of aromatic nitrogens is 2. The molecule has 3 rings (SSSR count). The van der Waals surface area contributed by atoms with E-state index in [4.69, 9.17) is 24.3 Å². The monoisotopic (exact) mass is 514 g/mol. The summed E-state index contributed by atoms with van der Waals surface area (Å²) in [7, 11) is 3.98. The van der Waals surface area contributed by atoms with Gasteiger partial charge in [0.05, 0.1) is 6.54 Å². The predicted octanol–water partition coefficient (Wildman–Crippen LogP) is 2.60. The van der Waals surface area contributed by atoms with Gasteiger partial charge in [-0.3, -0.25) is 9.78 Å². The van der Waals surface area contributed by atoms with Crippen molar-refractivity contribution < 1.29 is 55.5 Å². The lowest BCUT2D eigenvalue weighted by Gasteiger charge is -2.26. The number of carbonyl (C=O) groups is 3. The summed E-state index contributed by atoms with van der Waals surface area (Å²) in [4.78, 5) is 38.1. The summed E-state index contributed by atoms with van der Waals surface area (Å²) in [5.41, 5.74) is 2.64. The lowest BCUT2D eigenvalue weighted by atomic mass is 10.0. The van der Waals surface area contributed by atoms with Gasteiger partial charge in [0.2, 0.25) is 0 Å². The van der Waals surface area contributed by atoms with Gasteiger partial charge in [0.25, 0.3) is 5.91 Å². The minimum atomic E-state index is -5.08. The van der Waals surface area contributed by atoms with Gasteiger partial charge < -0.3 is 24.5 Å². The molecule has 194 valence electrons. The molecular weight excluding hydrogens is 494 g/mol. The maximum absolute atomic E-state index is 12.5. The normalized spacial score (nSPS) is 13.1. The molecule has 10 nitrogen and oxygen atoms in total. The molecule has 1 amide bonds. The van der Waals surface area contributed by atoms with Crippen molar-refractivity contribution in [3.63, 3.8) is 0 Å². The number of carbonyl (C=O) groups excluding carboxylic acids is 1. The molecule has 0 saturated carbocycles. The number of rotatable bonds is 3. The first kappa shape index (κ1) is 29.3. The lowest BCUT2D eigenvalue weighted by Crippen LogP contribution is -2.36. The van der Waals surface area contributed by atoms with Crippen LogP contribution < -0.4 is 0 Å². The van der Waals surface area contributed by atoms with Crippen LogP contribution in [0.25, 0.3) is 0 Å². The molecule has 0 spiro atoms. The number of amides is 1. The average Bonchev–Trinajstić information content (AvgIpc) is 3.14. The Morgan fingerprint density at radius 2 is 1.51 bits per heavy atom. The molecule has 3 heterocycles. The number of pyridine rings is 1. The van der Waals surface area contributed by atoms with Crippen LogP contribution in [0.3, 0.4) is 0 Å². The Labute approximate surface area is 193 Å². The van der Waals surface area contributed by atoms with Crippen LogP contribution in [-0.4, -0.2) is 81.0 Å². The van der Waals surface area contributed by atoms with Gasteiger partial charge >= 0.3 is 24.3 Å². The zero-order valence-electron chi connectivity index (χ0n) is 18.2. The Kier molecular flexibility index (Phi) is 10.2. The maximum Gasteiger partial charge on any atom is 0.490 e. The van der Waals surface area contributed by atoms with Crippen molar-refractivity contribution in [2.24, 2.45) is 0 Å². The number of alkyl halides is 6. The van der Waals surface area contributed by atoms with Gasteiger partial charge in [0.15, 0.2) is 0 Å². The average molecular weight is 514 g/mol. The molecule has 16 heteroatoms. The fourth-order valence-electron chi connectivity index (χ4n) is 2.54. The van der Waals surface area contributed by atoms with Crippen LogP contribution in [0.2, 0.25) is 0 Å². The number of aliphatic carboxylic acids is 2. The molecule has 35 heavy (non-hydrogen) atoms. The third-order valence-corrected chi connectivity index (χ3v) is 4.07. The van der Waals surface area contributed by atoms with E-state index in [1.165, 1.54) is 0 Å². The van der Waals surface area contributed by atoms with Crippen LogP contribution in [0.4, 0.5) is 26.3 Å². The first-order valence-electron chi connectivity index (χ1n) is 9.44. The Morgan fingerprint density at radius 1 is 1.03 bits per heavy atom. The van der Waals surface area contributed by atoms with Gasteiger partial charge in [-0.25, -0.2) is 9.59 Å². The molecule has 0 bridgehead atoms. The zero-order chi connectivity index (χ0) is 27.0. The highest BCUT2D eigenvalue weighted by Crippen LogP contribution is 2.24. The van der Waals surface area contributed by atoms with Gasteiger partial charge in [-0.15, -0.1) is 0 Å². The fourth-order valence-corrected chi connectivity index (χ4v) is 2.54. The molecular formula is C19H20F6N4O6. The second-order valence-electron chi connectivity index (χ2n) is 7.09. The first-order valence-corrected chi connectivity index (χ1v) is 9.44. The van der Waals surface area contributed by atoms with Crippen LogP contribution in [0, 0.1) is 0 Å². The maximum atomic E-state index is 12.5. The largest absolute Gasteiger partial charge is 0.490 e. The molecule has 0 saturated heterocycles. The van der Waals surface area contributed by atoms with E-state index in [9.17, 15) is 31.1 Å². The summed E-state index contributed by atoms with van der Waals surface area (Å²) in [5.74, 6) is -4.58. The second kappa shape index (κ2) is 12.1. The molecule has 2 N–H and O–H groups in total. The quantitative estimate of drug-likeness (QED) is 0.592. The minimum Gasteiger partial charge on any atom is -0.475 e. The van der Waals surface area contributed by atoms with E-state index >= 15 is 0 Å². The number of carboxylic acid groups (broad SMARTS) is 2. The molecule has 0 aliphatic carbocycles. The van der Waals surface area contributed by atoms with Crippen LogP contribution in [0.1, 0.15) is 27.4 Å². The van der Waals surface area contributed by atoms with Gasteiger partial charge in [-0.2, -0.15) is 26.3 Å². The molecule has 2 aromatic rings. The third-order valence-electron chi connectivity index (χ3n) is 4.07. The fraction of sp³-hybridized carbons (Fsp3) is 0.421. The summed E-state index contributed by atoms with van der Waals surface area (Å²) < 4.78 is 68.9. The minimum absolute atomic E-state index is 0.0278. The van der Waals surface area contributed by atoms with Crippen molar-refractivity contribution in [3.8, 4) is 0 Å². The number of halogens is 6. The summed E-state index contributed by atoms with van der Waals surface area (Å²) >= 11 is 0. The van der Waals surface area contributed by atoms with Gasteiger partial charge in [-0.1, -0.05) is 5.16 Å². The van der Waals surface area contributed by atoms with Crippen LogP contribution in [-0.2, 0) is 29.1 Å². The first-order chi connectivity index (χ1) is 16.0. The van der Waals surface area contributed by atoms with Crippen molar-refractivity contribution >= 4 is 17.8 Å². The number of carboxylic acids is 2. The van der Waals surface area contributed by atoms with E-state index in [0.29, 0.717) is 25.1 Å². The van der Waals surface area contributed by atoms with Crippen molar-refractivity contribution in [2.75, 3.05) is 20.6 Å². The molecule has 1 aliphatic heterocycles. The van der Waals surface area contributed by atoms with Crippen LogP contribution in [0.15, 0.2) is 29.0 Å². The van der Waals surface area contributed by atoms with Gasteiger partial charge in [0, 0.05) is 43.0 Å².